The molecule has 0 spiro atoms. The van der Waals surface area contributed by atoms with E-state index in [4.69, 9.17) is 9.84 Å². The standard InChI is InChI=1S/C16H14N2O4/c1-22-13-8-6-11(7-9-13)15(19)18-17-10-12-4-2-3-5-14(12)16(20)21/h2-10H,1H3,(H,18,19)(H,20,21)/b17-10+. The lowest BCUT2D eigenvalue weighted by Gasteiger charge is -2.02. The summed E-state index contributed by atoms with van der Waals surface area (Å²) in [5.41, 5.74) is 3.29. The summed E-state index contributed by atoms with van der Waals surface area (Å²) in [5, 5.41) is 12.8. The van der Waals surface area contributed by atoms with Crippen LogP contribution in [0.4, 0.5) is 0 Å². The first-order valence-electron chi connectivity index (χ1n) is 6.41. The van der Waals surface area contributed by atoms with Crippen molar-refractivity contribution in [3.63, 3.8) is 0 Å². The van der Waals surface area contributed by atoms with Crippen LogP contribution in [0, 0.1) is 0 Å². The lowest BCUT2D eigenvalue weighted by molar-refractivity contribution is 0.0696. The van der Waals surface area contributed by atoms with Crippen molar-refractivity contribution in [2.75, 3.05) is 7.11 Å². The maximum Gasteiger partial charge on any atom is 0.336 e. The first-order chi connectivity index (χ1) is 10.6. The number of rotatable bonds is 5. The Labute approximate surface area is 127 Å². The summed E-state index contributed by atoms with van der Waals surface area (Å²) < 4.78 is 5.01. The van der Waals surface area contributed by atoms with Gasteiger partial charge in [0, 0.05) is 11.1 Å². The fraction of sp³-hybridized carbons (Fsp3) is 0.0625. The first kappa shape index (κ1) is 15.2. The molecule has 2 rings (SSSR count). The van der Waals surface area contributed by atoms with Crippen molar-refractivity contribution in [1.82, 2.24) is 5.43 Å². The molecule has 0 aliphatic rings. The zero-order valence-corrected chi connectivity index (χ0v) is 11.8. The highest BCUT2D eigenvalue weighted by atomic mass is 16.5. The molecular formula is C16H14N2O4. The molecular weight excluding hydrogens is 284 g/mol. The Kier molecular flexibility index (Phi) is 4.87. The van der Waals surface area contributed by atoms with Gasteiger partial charge in [0.1, 0.15) is 5.75 Å². The molecule has 0 aliphatic carbocycles. The summed E-state index contributed by atoms with van der Waals surface area (Å²) in [4.78, 5) is 22.9. The van der Waals surface area contributed by atoms with Gasteiger partial charge in [-0.25, -0.2) is 10.2 Å². The number of nitrogens with zero attached hydrogens (tertiary/aromatic N) is 1. The number of hydrogen-bond acceptors (Lipinski definition) is 4. The largest absolute Gasteiger partial charge is 0.497 e. The van der Waals surface area contributed by atoms with Crippen molar-refractivity contribution in [2.24, 2.45) is 5.10 Å². The lowest BCUT2D eigenvalue weighted by atomic mass is 10.1. The van der Waals surface area contributed by atoms with Crippen molar-refractivity contribution in [2.45, 2.75) is 0 Å². The van der Waals surface area contributed by atoms with E-state index >= 15 is 0 Å². The van der Waals surface area contributed by atoms with Gasteiger partial charge >= 0.3 is 5.97 Å². The number of ether oxygens (including phenoxy) is 1. The van der Waals surface area contributed by atoms with Crippen LogP contribution in [0.2, 0.25) is 0 Å². The molecule has 112 valence electrons. The quantitative estimate of drug-likeness (QED) is 0.654. The van der Waals surface area contributed by atoms with Crippen LogP contribution in [-0.4, -0.2) is 30.3 Å². The molecule has 0 bridgehead atoms. The number of carbonyl (C=O) groups excluding carboxylic acids is 1. The summed E-state index contributed by atoms with van der Waals surface area (Å²) in [6.45, 7) is 0. The fourth-order valence-corrected chi connectivity index (χ4v) is 1.77. The number of methoxy groups -OCH3 is 1. The minimum atomic E-state index is -1.05. The number of hydrogen-bond donors (Lipinski definition) is 2. The zero-order chi connectivity index (χ0) is 15.9. The van der Waals surface area contributed by atoms with E-state index in [-0.39, 0.29) is 5.56 Å². The lowest BCUT2D eigenvalue weighted by Crippen LogP contribution is -2.17. The second-order valence-corrected chi connectivity index (χ2v) is 4.32. The van der Waals surface area contributed by atoms with Crippen molar-refractivity contribution < 1.29 is 19.4 Å². The van der Waals surface area contributed by atoms with Gasteiger partial charge in [-0.15, -0.1) is 0 Å². The number of carboxylic acid groups (broad SMARTS) is 1. The van der Waals surface area contributed by atoms with Gasteiger partial charge in [0.2, 0.25) is 0 Å². The molecule has 0 fully saturated rings. The average molecular weight is 298 g/mol. The van der Waals surface area contributed by atoms with E-state index in [9.17, 15) is 9.59 Å². The number of benzene rings is 2. The molecule has 22 heavy (non-hydrogen) atoms. The van der Waals surface area contributed by atoms with E-state index in [0.29, 0.717) is 16.9 Å². The molecule has 0 aromatic heterocycles. The molecule has 2 aromatic rings. The van der Waals surface area contributed by atoms with E-state index < -0.39 is 11.9 Å². The van der Waals surface area contributed by atoms with Crippen molar-refractivity contribution >= 4 is 18.1 Å². The Balaban J connectivity index is 2.05. The number of aromatic carboxylic acids is 1. The Morgan fingerprint density at radius 3 is 2.45 bits per heavy atom. The predicted molar refractivity (Wildman–Crippen MR) is 81.5 cm³/mol. The van der Waals surface area contributed by atoms with E-state index in [2.05, 4.69) is 10.5 Å². The van der Waals surface area contributed by atoms with Gasteiger partial charge in [0.25, 0.3) is 5.91 Å². The molecule has 0 radical (unpaired) electrons. The molecule has 0 atom stereocenters. The van der Waals surface area contributed by atoms with Crippen molar-refractivity contribution in [3.8, 4) is 5.75 Å². The van der Waals surface area contributed by atoms with Gasteiger partial charge in [0.05, 0.1) is 18.9 Å². The van der Waals surface area contributed by atoms with Gasteiger partial charge in [-0.05, 0) is 30.3 Å². The third-order valence-electron chi connectivity index (χ3n) is 2.91. The third-order valence-corrected chi connectivity index (χ3v) is 2.91. The summed E-state index contributed by atoms with van der Waals surface area (Å²) in [7, 11) is 1.54. The molecule has 2 aromatic carbocycles. The molecule has 6 heteroatoms. The zero-order valence-electron chi connectivity index (χ0n) is 11.8. The third kappa shape index (κ3) is 3.69. The normalized spacial score (nSPS) is 10.4. The summed E-state index contributed by atoms with van der Waals surface area (Å²) in [6, 6.07) is 12.9. The van der Waals surface area contributed by atoms with Crippen LogP contribution in [0.1, 0.15) is 26.3 Å². The number of nitrogens with one attached hydrogen (secondary N) is 1. The van der Waals surface area contributed by atoms with Gasteiger partial charge in [0.15, 0.2) is 0 Å². The molecule has 0 aliphatic heterocycles. The Morgan fingerprint density at radius 1 is 1.14 bits per heavy atom. The molecule has 0 unspecified atom stereocenters. The maximum atomic E-state index is 11.9. The van der Waals surface area contributed by atoms with Crippen LogP contribution in [0.25, 0.3) is 0 Å². The number of carboxylic acids is 1. The monoisotopic (exact) mass is 298 g/mol. The van der Waals surface area contributed by atoms with Crippen LogP contribution in [-0.2, 0) is 0 Å². The van der Waals surface area contributed by atoms with E-state index in [0.717, 1.165) is 0 Å². The topological polar surface area (TPSA) is 88.0 Å². The van der Waals surface area contributed by atoms with E-state index in [1.54, 1.807) is 49.6 Å². The Morgan fingerprint density at radius 2 is 1.82 bits per heavy atom. The fourth-order valence-electron chi connectivity index (χ4n) is 1.77. The first-order valence-corrected chi connectivity index (χ1v) is 6.41. The van der Waals surface area contributed by atoms with Crippen LogP contribution in [0.5, 0.6) is 5.75 Å². The molecule has 0 saturated heterocycles. The Bertz CT molecular complexity index is 708. The highest BCUT2D eigenvalue weighted by Crippen LogP contribution is 2.11. The predicted octanol–water partition coefficient (Wildman–Crippen LogP) is 2.16. The number of hydrazone groups is 1. The van der Waals surface area contributed by atoms with Crippen LogP contribution in [0.3, 0.4) is 0 Å². The minimum Gasteiger partial charge on any atom is -0.497 e. The average Bonchev–Trinajstić information content (AvgIpc) is 2.55. The molecule has 0 saturated carbocycles. The van der Waals surface area contributed by atoms with Crippen molar-refractivity contribution in [3.05, 3.63) is 65.2 Å². The van der Waals surface area contributed by atoms with Gasteiger partial charge in [-0.1, -0.05) is 18.2 Å². The minimum absolute atomic E-state index is 0.116. The van der Waals surface area contributed by atoms with Crippen LogP contribution >= 0.6 is 0 Å². The van der Waals surface area contributed by atoms with Gasteiger partial charge < -0.3 is 9.84 Å². The second-order valence-electron chi connectivity index (χ2n) is 4.32. The smallest absolute Gasteiger partial charge is 0.336 e. The molecule has 1 amide bonds. The highest BCUT2D eigenvalue weighted by molar-refractivity contribution is 5.99. The highest BCUT2D eigenvalue weighted by Gasteiger charge is 2.07. The summed E-state index contributed by atoms with van der Waals surface area (Å²) in [6.07, 6.45) is 1.30. The van der Waals surface area contributed by atoms with E-state index in [1.807, 2.05) is 0 Å². The number of carbonyl (C=O) groups is 2. The Hall–Kier alpha value is -3.15. The van der Waals surface area contributed by atoms with E-state index in [1.165, 1.54) is 12.3 Å². The van der Waals surface area contributed by atoms with Crippen LogP contribution in [0.15, 0.2) is 53.6 Å². The maximum absolute atomic E-state index is 11.9. The number of amides is 1. The van der Waals surface area contributed by atoms with Gasteiger partial charge in [-0.2, -0.15) is 5.10 Å². The second kappa shape index (κ2) is 7.03. The summed E-state index contributed by atoms with van der Waals surface area (Å²) >= 11 is 0. The molecule has 6 nitrogen and oxygen atoms in total. The molecule has 2 N–H and O–H groups in total. The molecule has 0 heterocycles. The van der Waals surface area contributed by atoms with Crippen LogP contribution < -0.4 is 10.2 Å². The van der Waals surface area contributed by atoms with Crippen molar-refractivity contribution in [1.29, 1.82) is 0 Å². The summed E-state index contributed by atoms with van der Waals surface area (Å²) in [5.74, 6) is -0.800. The SMILES string of the molecule is COc1ccc(C(=O)N/N=C/c2ccccc2C(=O)O)cc1. The van der Waals surface area contributed by atoms with Gasteiger partial charge in [-0.3, -0.25) is 4.79 Å².